The minimum atomic E-state index is -6.11. The summed E-state index contributed by atoms with van der Waals surface area (Å²) in [7, 11) is -5.96. The molecule has 23 heavy (non-hydrogen) atoms. The van der Waals surface area contributed by atoms with E-state index in [0.717, 1.165) is 0 Å². The summed E-state index contributed by atoms with van der Waals surface area (Å²) in [5, 5.41) is -0.971. The second-order valence-electron chi connectivity index (χ2n) is 5.74. The Kier molecular flexibility index (Phi) is 4.98. The van der Waals surface area contributed by atoms with Crippen molar-refractivity contribution in [2.45, 2.75) is 56.4 Å². The lowest BCUT2D eigenvalue weighted by Gasteiger charge is -2.46. The van der Waals surface area contributed by atoms with E-state index in [4.69, 9.17) is 0 Å². The molecule has 0 aliphatic heterocycles. The van der Waals surface area contributed by atoms with Gasteiger partial charge in [0.25, 0.3) is 5.00 Å². The van der Waals surface area contributed by atoms with Crippen molar-refractivity contribution in [3.63, 3.8) is 0 Å². The van der Waals surface area contributed by atoms with Gasteiger partial charge in [0.05, 0.1) is 0 Å². The molecule has 2 N–H and O–H groups in total. The van der Waals surface area contributed by atoms with Gasteiger partial charge in [-0.15, -0.1) is 0 Å². The molecule has 2 unspecified atom stereocenters. The largest absolute Gasteiger partial charge is 0.399 e. The fourth-order valence-corrected chi connectivity index (χ4v) is 2.11. The first-order chi connectivity index (χ1) is 9.50. The van der Waals surface area contributed by atoms with Crippen molar-refractivity contribution >= 4 is 10.0 Å². The first kappa shape index (κ1) is 22.3. The minimum Gasteiger partial charge on any atom is -0.231 e. The summed E-state index contributed by atoms with van der Waals surface area (Å²) < 4.78 is 143. The lowest BCUT2D eigenvalue weighted by molar-refractivity contribution is -0.353. The van der Waals surface area contributed by atoms with E-state index in [2.05, 4.69) is 5.14 Å². The highest BCUT2D eigenvalue weighted by Crippen LogP contribution is 2.60. The van der Waals surface area contributed by atoms with E-state index in [-0.39, 0.29) is 13.8 Å². The Morgan fingerprint density at radius 3 is 1.22 bits per heavy atom. The SMILES string of the molecule is CC(C)(C(F)(F)F)C(F)(F)C(C)(F)C(F)(F)C(C)(F)S(N)(=O)=O. The number of hydrogen-bond donors (Lipinski definition) is 1. The number of nitrogens with two attached hydrogens (primary N) is 1. The Bertz CT molecular complexity index is 563. The predicted molar refractivity (Wildman–Crippen MR) is 61.9 cm³/mol. The highest BCUT2D eigenvalue weighted by molar-refractivity contribution is 7.90. The number of primary sulfonamides is 1. The van der Waals surface area contributed by atoms with E-state index in [1.807, 2.05) is 0 Å². The van der Waals surface area contributed by atoms with Crippen LogP contribution in [0.5, 0.6) is 0 Å². The summed E-state index contributed by atoms with van der Waals surface area (Å²) in [6, 6.07) is 0. The summed E-state index contributed by atoms with van der Waals surface area (Å²) in [6.45, 7) is -1.80. The van der Waals surface area contributed by atoms with Crippen molar-refractivity contribution in [3.8, 4) is 0 Å². The van der Waals surface area contributed by atoms with Gasteiger partial charge in [-0.3, -0.25) is 0 Å². The second kappa shape index (κ2) is 5.14. The number of alkyl halides is 9. The van der Waals surface area contributed by atoms with Crippen LogP contribution in [0.3, 0.4) is 0 Å². The standard InChI is InChI=1S/C10H14F9NO2S/c1-5(2,10(17,18)19)8(13,14)6(3,11)9(15,16)7(4,12)23(20,21)22/h1-4H3,(H2,20,21,22). The molecule has 0 aromatic carbocycles. The Morgan fingerprint density at radius 2 is 1.00 bits per heavy atom. The van der Waals surface area contributed by atoms with Gasteiger partial charge < -0.3 is 0 Å². The monoisotopic (exact) mass is 383 g/mol. The summed E-state index contributed by atoms with van der Waals surface area (Å²) in [6.07, 6.45) is -5.87. The zero-order chi connectivity index (χ0) is 19.5. The van der Waals surface area contributed by atoms with Gasteiger partial charge in [-0.05, 0) is 27.7 Å². The van der Waals surface area contributed by atoms with Crippen molar-refractivity contribution < 1.29 is 47.9 Å². The zero-order valence-corrected chi connectivity index (χ0v) is 13.0. The number of rotatable bonds is 5. The maximum atomic E-state index is 14.1. The van der Waals surface area contributed by atoms with Gasteiger partial charge in [0.2, 0.25) is 15.7 Å². The molecule has 0 heterocycles. The molecule has 0 saturated heterocycles. The summed E-state index contributed by atoms with van der Waals surface area (Å²) in [5.74, 6) is -12.0. The third-order valence-corrected chi connectivity index (χ3v) is 5.09. The van der Waals surface area contributed by atoms with Crippen molar-refractivity contribution in [2.75, 3.05) is 0 Å². The van der Waals surface area contributed by atoms with Crippen LogP contribution in [0.1, 0.15) is 27.7 Å². The summed E-state index contributed by atoms with van der Waals surface area (Å²) in [4.78, 5) is 0. The third kappa shape index (κ3) is 2.79. The average molecular weight is 383 g/mol. The molecule has 0 rings (SSSR count). The molecule has 0 aliphatic carbocycles. The molecule has 0 aliphatic rings. The summed E-state index contributed by atoms with van der Waals surface area (Å²) >= 11 is 0. The van der Waals surface area contributed by atoms with Crippen LogP contribution in [0.15, 0.2) is 0 Å². The van der Waals surface area contributed by atoms with Crippen LogP contribution in [-0.4, -0.2) is 37.1 Å². The smallest absolute Gasteiger partial charge is 0.231 e. The summed E-state index contributed by atoms with van der Waals surface area (Å²) in [5.41, 5.74) is -9.92. The van der Waals surface area contributed by atoms with E-state index in [1.165, 1.54) is 0 Å². The molecule has 0 amide bonds. The normalized spacial score (nSPS) is 20.8. The molecule has 13 heteroatoms. The van der Waals surface area contributed by atoms with Crippen LogP contribution in [0.4, 0.5) is 39.5 Å². The van der Waals surface area contributed by atoms with Gasteiger partial charge in [-0.25, -0.2) is 31.1 Å². The molecule has 0 spiro atoms. The van der Waals surface area contributed by atoms with E-state index >= 15 is 0 Å². The van der Waals surface area contributed by atoms with Crippen LogP contribution < -0.4 is 5.14 Å². The maximum absolute atomic E-state index is 14.1. The van der Waals surface area contributed by atoms with Gasteiger partial charge in [-0.1, -0.05) is 0 Å². The highest BCUT2D eigenvalue weighted by Gasteiger charge is 2.82. The fraction of sp³-hybridized carbons (Fsp3) is 1.00. The minimum absolute atomic E-state index is 0.284. The molecule has 0 bridgehead atoms. The molecule has 0 saturated carbocycles. The lowest BCUT2D eigenvalue weighted by Crippen LogP contribution is -2.71. The van der Waals surface area contributed by atoms with Crippen LogP contribution in [0, 0.1) is 5.41 Å². The Hall–Kier alpha value is -0.720. The Morgan fingerprint density at radius 1 is 0.696 bits per heavy atom. The average Bonchev–Trinajstić information content (AvgIpc) is 2.24. The molecular formula is C10H14F9NO2S. The van der Waals surface area contributed by atoms with Crippen LogP contribution in [0.25, 0.3) is 0 Å². The number of sulfonamides is 1. The number of halogens is 9. The quantitative estimate of drug-likeness (QED) is 0.739. The predicted octanol–water partition coefficient (Wildman–Crippen LogP) is 3.55. The molecule has 140 valence electrons. The topological polar surface area (TPSA) is 60.2 Å². The van der Waals surface area contributed by atoms with E-state index in [1.54, 1.807) is 0 Å². The molecule has 0 fully saturated rings. The van der Waals surface area contributed by atoms with Crippen LogP contribution >= 0.6 is 0 Å². The molecule has 2 atom stereocenters. The van der Waals surface area contributed by atoms with Crippen LogP contribution in [-0.2, 0) is 10.0 Å². The molecular weight excluding hydrogens is 369 g/mol. The van der Waals surface area contributed by atoms with Gasteiger partial charge in [0, 0.05) is 0 Å². The van der Waals surface area contributed by atoms with Gasteiger partial charge in [0.1, 0.15) is 5.41 Å². The molecule has 0 radical (unpaired) electrons. The van der Waals surface area contributed by atoms with Gasteiger partial charge in [0.15, 0.2) is 0 Å². The first-order valence-corrected chi connectivity index (χ1v) is 7.27. The zero-order valence-electron chi connectivity index (χ0n) is 12.2. The number of hydrogen-bond acceptors (Lipinski definition) is 2. The Labute approximate surface area is 126 Å². The van der Waals surface area contributed by atoms with Crippen molar-refractivity contribution in [1.82, 2.24) is 0 Å². The fourth-order valence-electron chi connectivity index (χ4n) is 1.56. The molecule has 3 nitrogen and oxygen atoms in total. The van der Waals surface area contributed by atoms with Crippen molar-refractivity contribution in [3.05, 3.63) is 0 Å². The van der Waals surface area contributed by atoms with E-state index in [0.29, 0.717) is 0 Å². The Balaban J connectivity index is 6.48. The van der Waals surface area contributed by atoms with E-state index in [9.17, 15) is 47.9 Å². The molecule has 0 aromatic rings. The second-order valence-corrected chi connectivity index (χ2v) is 7.59. The maximum Gasteiger partial charge on any atom is 0.399 e. The lowest BCUT2D eigenvalue weighted by atomic mass is 9.73. The van der Waals surface area contributed by atoms with E-state index < -0.39 is 58.0 Å². The van der Waals surface area contributed by atoms with Crippen molar-refractivity contribution in [1.29, 1.82) is 0 Å². The van der Waals surface area contributed by atoms with Gasteiger partial charge >= 0.3 is 18.0 Å². The first-order valence-electron chi connectivity index (χ1n) is 5.72. The third-order valence-electron chi connectivity index (χ3n) is 3.77. The molecule has 0 aromatic heterocycles. The highest BCUT2D eigenvalue weighted by atomic mass is 32.2. The van der Waals surface area contributed by atoms with Gasteiger partial charge in [-0.2, -0.15) is 22.0 Å². The van der Waals surface area contributed by atoms with Crippen LogP contribution in [0.2, 0.25) is 0 Å². The van der Waals surface area contributed by atoms with Crippen molar-refractivity contribution in [2.24, 2.45) is 10.6 Å².